The van der Waals surface area contributed by atoms with Gasteiger partial charge in [-0.1, -0.05) is 6.07 Å². The maximum absolute atomic E-state index is 12.4. The number of amides is 3. The summed E-state index contributed by atoms with van der Waals surface area (Å²) in [6.45, 7) is 1.70. The van der Waals surface area contributed by atoms with Crippen LogP contribution >= 0.6 is 0 Å². The molecule has 2 heterocycles. The molecule has 0 aliphatic carbocycles. The lowest BCUT2D eigenvalue weighted by Crippen LogP contribution is -2.45. The molecule has 6 heteroatoms. The SMILES string of the molecule is NC(=O)[C@H]1CCCN(C(=O)Nc2cccc3c2CCO3)C1. The number of benzene rings is 1. The molecule has 1 aromatic carbocycles. The van der Waals surface area contributed by atoms with Crippen LogP contribution < -0.4 is 15.8 Å². The molecule has 0 unspecified atom stereocenters. The maximum Gasteiger partial charge on any atom is 0.321 e. The lowest BCUT2D eigenvalue weighted by molar-refractivity contribution is -0.123. The number of carbonyl (C=O) groups excluding carboxylic acids is 2. The fraction of sp³-hybridized carbons (Fsp3) is 0.467. The molecule has 6 nitrogen and oxygen atoms in total. The van der Waals surface area contributed by atoms with Crippen molar-refractivity contribution >= 4 is 17.6 Å². The van der Waals surface area contributed by atoms with Crippen molar-refractivity contribution in [1.82, 2.24) is 4.90 Å². The fourth-order valence-electron chi connectivity index (χ4n) is 2.93. The summed E-state index contributed by atoms with van der Waals surface area (Å²) >= 11 is 0. The first-order valence-electron chi connectivity index (χ1n) is 7.25. The molecule has 2 aliphatic rings. The molecule has 1 atom stereocenters. The monoisotopic (exact) mass is 289 g/mol. The van der Waals surface area contributed by atoms with Gasteiger partial charge in [0.2, 0.25) is 5.91 Å². The van der Waals surface area contributed by atoms with Crippen molar-refractivity contribution in [3.05, 3.63) is 23.8 Å². The lowest BCUT2D eigenvalue weighted by atomic mass is 9.98. The van der Waals surface area contributed by atoms with E-state index >= 15 is 0 Å². The third kappa shape index (κ3) is 2.79. The second-order valence-corrected chi connectivity index (χ2v) is 5.50. The van der Waals surface area contributed by atoms with E-state index in [4.69, 9.17) is 10.5 Å². The Morgan fingerprint density at radius 2 is 2.24 bits per heavy atom. The number of piperidine rings is 1. The van der Waals surface area contributed by atoms with E-state index in [1.54, 1.807) is 4.90 Å². The Hall–Kier alpha value is -2.24. The molecule has 2 aliphatic heterocycles. The third-order valence-corrected chi connectivity index (χ3v) is 4.10. The summed E-state index contributed by atoms with van der Waals surface area (Å²) in [6, 6.07) is 5.46. The minimum absolute atomic E-state index is 0.179. The van der Waals surface area contributed by atoms with Crippen LogP contribution in [0.25, 0.3) is 0 Å². The van der Waals surface area contributed by atoms with Gasteiger partial charge in [-0.15, -0.1) is 0 Å². The second-order valence-electron chi connectivity index (χ2n) is 5.50. The molecule has 0 radical (unpaired) electrons. The number of nitrogens with zero attached hydrogens (tertiary/aromatic N) is 1. The number of rotatable bonds is 2. The van der Waals surface area contributed by atoms with Crippen LogP contribution in [0.5, 0.6) is 5.75 Å². The number of primary amides is 1. The molecule has 3 N–H and O–H groups in total. The Labute approximate surface area is 123 Å². The van der Waals surface area contributed by atoms with Crippen LogP contribution in [0.3, 0.4) is 0 Å². The molecule has 0 saturated carbocycles. The maximum atomic E-state index is 12.4. The van der Waals surface area contributed by atoms with E-state index in [2.05, 4.69) is 5.32 Å². The smallest absolute Gasteiger partial charge is 0.321 e. The van der Waals surface area contributed by atoms with Crippen molar-refractivity contribution in [3.63, 3.8) is 0 Å². The second kappa shape index (κ2) is 5.63. The van der Waals surface area contributed by atoms with E-state index in [1.807, 2.05) is 18.2 Å². The predicted molar refractivity (Wildman–Crippen MR) is 78.2 cm³/mol. The highest BCUT2D eigenvalue weighted by atomic mass is 16.5. The molecule has 1 fully saturated rings. The quantitative estimate of drug-likeness (QED) is 0.862. The van der Waals surface area contributed by atoms with Crippen molar-refractivity contribution in [2.45, 2.75) is 19.3 Å². The van der Waals surface area contributed by atoms with E-state index < -0.39 is 0 Å². The van der Waals surface area contributed by atoms with Gasteiger partial charge in [-0.2, -0.15) is 0 Å². The Morgan fingerprint density at radius 3 is 3.05 bits per heavy atom. The number of likely N-dealkylation sites (tertiary alicyclic amines) is 1. The number of nitrogens with two attached hydrogens (primary N) is 1. The van der Waals surface area contributed by atoms with E-state index in [-0.39, 0.29) is 17.9 Å². The van der Waals surface area contributed by atoms with Crippen LogP contribution in [0, 0.1) is 5.92 Å². The summed E-state index contributed by atoms with van der Waals surface area (Å²) in [5.41, 5.74) is 7.17. The van der Waals surface area contributed by atoms with E-state index in [0.717, 1.165) is 36.3 Å². The van der Waals surface area contributed by atoms with Crippen molar-refractivity contribution in [2.24, 2.45) is 11.7 Å². The van der Waals surface area contributed by atoms with Gasteiger partial charge in [0.25, 0.3) is 0 Å². The largest absolute Gasteiger partial charge is 0.493 e. The molecular formula is C15H19N3O3. The summed E-state index contributed by atoms with van der Waals surface area (Å²) in [6.07, 6.45) is 2.36. The number of hydrogen-bond acceptors (Lipinski definition) is 3. The summed E-state index contributed by atoms with van der Waals surface area (Å²) in [4.78, 5) is 25.3. The Kier molecular flexibility index (Phi) is 3.68. The molecule has 0 aromatic heterocycles. The van der Waals surface area contributed by atoms with Crippen molar-refractivity contribution in [2.75, 3.05) is 25.0 Å². The van der Waals surface area contributed by atoms with Gasteiger partial charge in [0, 0.05) is 30.8 Å². The molecule has 1 saturated heterocycles. The standard InChI is InChI=1S/C15H19N3O3/c16-14(19)10-3-2-7-18(9-10)15(20)17-12-4-1-5-13-11(12)6-8-21-13/h1,4-5,10H,2-3,6-9H2,(H2,16,19)(H,17,20)/t10-/m0/s1. The molecule has 21 heavy (non-hydrogen) atoms. The van der Waals surface area contributed by atoms with Gasteiger partial charge < -0.3 is 20.7 Å². The van der Waals surface area contributed by atoms with Crippen LogP contribution in [0.15, 0.2) is 18.2 Å². The van der Waals surface area contributed by atoms with Crippen molar-refractivity contribution in [1.29, 1.82) is 0 Å². The van der Waals surface area contributed by atoms with E-state index in [1.165, 1.54) is 0 Å². The number of fused-ring (bicyclic) bond motifs is 1. The van der Waals surface area contributed by atoms with Crippen molar-refractivity contribution in [3.8, 4) is 5.75 Å². The van der Waals surface area contributed by atoms with Gasteiger partial charge in [0.05, 0.1) is 12.5 Å². The highest BCUT2D eigenvalue weighted by Crippen LogP contribution is 2.31. The van der Waals surface area contributed by atoms with Crippen LogP contribution in [0.1, 0.15) is 18.4 Å². The first kappa shape index (κ1) is 13.7. The fourth-order valence-corrected chi connectivity index (χ4v) is 2.93. The van der Waals surface area contributed by atoms with Gasteiger partial charge in [-0.05, 0) is 25.0 Å². The topological polar surface area (TPSA) is 84.7 Å². The molecule has 0 spiro atoms. The summed E-state index contributed by atoms with van der Waals surface area (Å²) in [5, 5.41) is 2.93. The Bertz CT molecular complexity index is 573. The zero-order valence-electron chi connectivity index (χ0n) is 11.8. The Balaban J connectivity index is 1.69. The zero-order chi connectivity index (χ0) is 14.8. The highest BCUT2D eigenvalue weighted by molar-refractivity contribution is 5.91. The normalized spacial score (nSPS) is 20.6. The predicted octanol–water partition coefficient (Wildman–Crippen LogP) is 1.35. The summed E-state index contributed by atoms with van der Waals surface area (Å²) in [7, 11) is 0. The Morgan fingerprint density at radius 1 is 1.38 bits per heavy atom. The first-order chi connectivity index (χ1) is 10.1. The van der Waals surface area contributed by atoms with E-state index in [9.17, 15) is 9.59 Å². The average Bonchev–Trinajstić information content (AvgIpc) is 2.97. The van der Waals surface area contributed by atoms with Crippen LogP contribution in [-0.2, 0) is 11.2 Å². The number of ether oxygens (including phenoxy) is 1. The van der Waals surface area contributed by atoms with Gasteiger partial charge in [-0.25, -0.2) is 4.79 Å². The molecule has 112 valence electrons. The van der Waals surface area contributed by atoms with Gasteiger partial charge in [0.1, 0.15) is 5.75 Å². The number of nitrogens with one attached hydrogen (secondary N) is 1. The highest BCUT2D eigenvalue weighted by Gasteiger charge is 2.27. The first-order valence-corrected chi connectivity index (χ1v) is 7.25. The number of hydrogen-bond donors (Lipinski definition) is 2. The molecule has 3 rings (SSSR count). The third-order valence-electron chi connectivity index (χ3n) is 4.10. The average molecular weight is 289 g/mol. The van der Waals surface area contributed by atoms with Crippen LogP contribution in [0.2, 0.25) is 0 Å². The molecule has 3 amide bonds. The van der Waals surface area contributed by atoms with E-state index in [0.29, 0.717) is 19.7 Å². The lowest BCUT2D eigenvalue weighted by Gasteiger charge is -2.31. The minimum Gasteiger partial charge on any atom is -0.493 e. The van der Waals surface area contributed by atoms with Crippen LogP contribution in [0.4, 0.5) is 10.5 Å². The zero-order valence-corrected chi connectivity index (χ0v) is 11.8. The number of anilines is 1. The molecular weight excluding hydrogens is 270 g/mol. The number of urea groups is 1. The van der Waals surface area contributed by atoms with Gasteiger partial charge >= 0.3 is 6.03 Å². The number of carbonyl (C=O) groups is 2. The van der Waals surface area contributed by atoms with Gasteiger partial charge in [0.15, 0.2) is 0 Å². The summed E-state index contributed by atoms with van der Waals surface area (Å²) in [5.74, 6) is 0.261. The summed E-state index contributed by atoms with van der Waals surface area (Å²) < 4.78 is 5.49. The van der Waals surface area contributed by atoms with Gasteiger partial charge in [-0.3, -0.25) is 4.79 Å². The minimum atomic E-state index is -0.332. The van der Waals surface area contributed by atoms with Crippen molar-refractivity contribution < 1.29 is 14.3 Å². The van der Waals surface area contributed by atoms with Crippen LogP contribution in [-0.4, -0.2) is 36.5 Å². The molecule has 1 aromatic rings. The molecule has 0 bridgehead atoms.